The number of amides is 2. The van der Waals surface area contributed by atoms with E-state index in [4.69, 9.17) is 32.8 Å². The van der Waals surface area contributed by atoms with Crippen LogP contribution in [0.25, 0.3) is 27.9 Å². The first-order valence-electron chi connectivity index (χ1n) is 13.3. The maximum Gasteiger partial charge on any atom is 0.290 e. The van der Waals surface area contributed by atoms with Gasteiger partial charge in [0.2, 0.25) is 11.2 Å². The number of thioether (sulfide) groups is 1. The van der Waals surface area contributed by atoms with Crippen molar-refractivity contribution >= 4 is 39.5 Å². The van der Waals surface area contributed by atoms with Gasteiger partial charge in [-0.15, -0.1) is 0 Å². The Kier molecular flexibility index (Phi) is 9.00. The summed E-state index contributed by atoms with van der Waals surface area (Å²) in [6.45, 7) is 1.75. The summed E-state index contributed by atoms with van der Waals surface area (Å²) in [5.41, 5.74) is 1.54. The normalized spacial score (nSPS) is 13.8. The number of methoxy groups -OCH3 is 4. The molecule has 3 aromatic carbocycles. The number of allylic oxidation sites excluding steroid dienone is 1. The van der Waals surface area contributed by atoms with Gasteiger partial charge in [0.1, 0.15) is 41.4 Å². The summed E-state index contributed by atoms with van der Waals surface area (Å²) in [7, 11) is 5.98. The predicted octanol–water partition coefficient (Wildman–Crippen LogP) is 5.67. The largest absolute Gasteiger partial charge is 0.496 e. The molecule has 1 aliphatic rings. The fourth-order valence-electron chi connectivity index (χ4n) is 4.70. The fraction of sp³-hybridized carbons (Fsp3) is 0.219. The van der Waals surface area contributed by atoms with Crippen LogP contribution in [0.1, 0.15) is 12.5 Å². The van der Waals surface area contributed by atoms with Crippen LogP contribution < -0.4 is 39.2 Å². The number of ether oxygens (including phenoxy) is 6. The SMILES string of the molecule is COc1cc(OC)c2c(=O)c(OCCOc3ccccc3/C(C)=C3\SC(=O)NC3=O)c(-c3ccc(OC)c(OC)c3)oc2c1. The highest BCUT2D eigenvalue weighted by Gasteiger charge is 2.28. The molecule has 0 bridgehead atoms. The summed E-state index contributed by atoms with van der Waals surface area (Å²) in [4.78, 5) is 38.1. The van der Waals surface area contributed by atoms with Gasteiger partial charge in [-0.2, -0.15) is 0 Å². The van der Waals surface area contributed by atoms with Crippen LogP contribution in [0.3, 0.4) is 0 Å². The number of fused-ring (bicyclic) bond motifs is 1. The summed E-state index contributed by atoms with van der Waals surface area (Å²) in [6.07, 6.45) is 0. The molecule has 1 saturated heterocycles. The number of nitrogens with one attached hydrogen (secondary N) is 1. The first kappa shape index (κ1) is 30.4. The van der Waals surface area contributed by atoms with E-state index < -0.39 is 16.6 Å². The van der Waals surface area contributed by atoms with Crippen molar-refractivity contribution in [2.45, 2.75) is 6.92 Å². The number of carbonyl (C=O) groups excluding carboxylic acids is 2. The molecule has 0 radical (unpaired) electrons. The Balaban J connectivity index is 1.49. The molecule has 228 valence electrons. The molecule has 4 aromatic rings. The third-order valence-corrected chi connectivity index (χ3v) is 7.81. The second kappa shape index (κ2) is 13.0. The minimum Gasteiger partial charge on any atom is -0.496 e. The Morgan fingerprint density at radius 1 is 0.795 bits per heavy atom. The average Bonchev–Trinajstić information content (AvgIpc) is 3.39. The monoisotopic (exact) mass is 619 g/mol. The Hall–Kier alpha value is -5.10. The topological polar surface area (TPSA) is 132 Å². The van der Waals surface area contributed by atoms with E-state index in [-0.39, 0.29) is 41.4 Å². The van der Waals surface area contributed by atoms with Gasteiger partial charge in [-0.25, -0.2) is 0 Å². The van der Waals surface area contributed by atoms with Gasteiger partial charge in [-0.1, -0.05) is 18.2 Å². The minimum atomic E-state index is -0.453. The summed E-state index contributed by atoms with van der Waals surface area (Å²) in [6, 6.07) is 15.4. The number of rotatable bonds is 11. The lowest BCUT2D eigenvalue weighted by atomic mass is 10.1. The van der Waals surface area contributed by atoms with E-state index in [1.165, 1.54) is 28.4 Å². The fourth-order valence-corrected chi connectivity index (χ4v) is 5.44. The van der Waals surface area contributed by atoms with Crippen molar-refractivity contribution in [1.29, 1.82) is 0 Å². The van der Waals surface area contributed by atoms with Crippen molar-refractivity contribution in [3.8, 4) is 45.8 Å². The molecule has 1 N–H and O–H groups in total. The quantitative estimate of drug-likeness (QED) is 0.165. The van der Waals surface area contributed by atoms with E-state index in [0.717, 1.165) is 11.8 Å². The first-order valence-corrected chi connectivity index (χ1v) is 14.2. The molecule has 44 heavy (non-hydrogen) atoms. The summed E-state index contributed by atoms with van der Waals surface area (Å²) in [5.74, 6) is 1.78. The van der Waals surface area contributed by atoms with E-state index in [0.29, 0.717) is 44.6 Å². The Labute approximate surface area is 256 Å². The number of carbonyl (C=O) groups is 2. The van der Waals surface area contributed by atoms with Gasteiger partial charge in [-0.05, 0) is 48.5 Å². The van der Waals surface area contributed by atoms with E-state index in [1.54, 1.807) is 61.5 Å². The number of benzene rings is 3. The zero-order chi connectivity index (χ0) is 31.4. The smallest absolute Gasteiger partial charge is 0.290 e. The molecule has 1 aromatic heterocycles. The molecule has 5 rings (SSSR count). The maximum atomic E-state index is 13.9. The molecule has 0 atom stereocenters. The number of para-hydroxylation sites is 1. The van der Waals surface area contributed by atoms with Crippen molar-refractivity contribution < 1.29 is 42.4 Å². The van der Waals surface area contributed by atoms with Gasteiger partial charge < -0.3 is 32.8 Å². The van der Waals surface area contributed by atoms with Crippen LogP contribution in [0.2, 0.25) is 0 Å². The van der Waals surface area contributed by atoms with Crippen LogP contribution in [0.4, 0.5) is 4.79 Å². The van der Waals surface area contributed by atoms with Crippen LogP contribution >= 0.6 is 11.8 Å². The Morgan fingerprint density at radius 2 is 1.52 bits per heavy atom. The summed E-state index contributed by atoms with van der Waals surface area (Å²) < 4.78 is 40.0. The third-order valence-electron chi connectivity index (χ3n) is 6.83. The molecule has 12 heteroatoms. The predicted molar refractivity (Wildman–Crippen MR) is 165 cm³/mol. The van der Waals surface area contributed by atoms with Gasteiger partial charge in [-0.3, -0.25) is 19.7 Å². The van der Waals surface area contributed by atoms with Gasteiger partial charge in [0.25, 0.3) is 11.1 Å². The summed E-state index contributed by atoms with van der Waals surface area (Å²) >= 11 is 0.843. The van der Waals surface area contributed by atoms with Gasteiger partial charge in [0, 0.05) is 23.3 Å². The average molecular weight is 620 g/mol. The molecule has 11 nitrogen and oxygen atoms in total. The number of hydrogen-bond donors (Lipinski definition) is 1. The van der Waals surface area contributed by atoms with Crippen molar-refractivity contribution in [3.05, 3.63) is 75.3 Å². The zero-order valence-corrected chi connectivity index (χ0v) is 25.4. The molecule has 0 aliphatic carbocycles. The molecule has 1 aliphatic heterocycles. The second-order valence-corrected chi connectivity index (χ2v) is 10.3. The standard InChI is InChI=1S/C32H29NO10S/c1-17(30-31(35)33-32(36)44-30)20-8-6-7-9-21(20)41-12-13-42-29-27(34)26-24(40-5)15-19(37-2)16-25(26)43-28(29)18-10-11-22(38-3)23(14-18)39-4/h6-11,14-16H,12-13H2,1-5H3,(H,33,35,36)/b30-17-. The third kappa shape index (κ3) is 5.88. The molecule has 2 heterocycles. The molecule has 2 amide bonds. The molecule has 0 spiro atoms. The van der Waals surface area contributed by atoms with Gasteiger partial charge >= 0.3 is 0 Å². The van der Waals surface area contributed by atoms with Crippen LogP contribution in [0, 0.1) is 0 Å². The van der Waals surface area contributed by atoms with Crippen molar-refractivity contribution in [2.24, 2.45) is 0 Å². The van der Waals surface area contributed by atoms with Crippen molar-refractivity contribution in [2.75, 3.05) is 41.7 Å². The minimum absolute atomic E-state index is 0.0350. The summed E-state index contributed by atoms with van der Waals surface area (Å²) in [5, 5.41) is 2.03. The van der Waals surface area contributed by atoms with Crippen LogP contribution in [-0.2, 0) is 4.79 Å². The zero-order valence-electron chi connectivity index (χ0n) is 24.6. The molecule has 0 saturated carbocycles. The van der Waals surface area contributed by atoms with Crippen LogP contribution in [0.5, 0.6) is 34.5 Å². The molecular formula is C32H29NO10S. The highest BCUT2D eigenvalue weighted by Crippen LogP contribution is 2.40. The number of imide groups is 1. The highest BCUT2D eigenvalue weighted by atomic mass is 32.2. The van der Waals surface area contributed by atoms with Crippen LogP contribution in [0.15, 0.2) is 68.7 Å². The Morgan fingerprint density at radius 3 is 2.20 bits per heavy atom. The lowest BCUT2D eigenvalue weighted by Gasteiger charge is -2.16. The first-order chi connectivity index (χ1) is 21.3. The second-order valence-electron chi connectivity index (χ2n) is 9.35. The van der Waals surface area contributed by atoms with Crippen molar-refractivity contribution in [1.82, 2.24) is 5.32 Å². The van der Waals surface area contributed by atoms with Gasteiger partial charge in [0.15, 0.2) is 17.3 Å². The maximum absolute atomic E-state index is 13.9. The Bertz CT molecular complexity index is 1850. The molecule has 1 fully saturated rings. The van der Waals surface area contributed by atoms with Gasteiger partial charge in [0.05, 0.1) is 33.3 Å². The van der Waals surface area contributed by atoms with Crippen molar-refractivity contribution in [3.63, 3.8) is 0 Å². The van der Waals surface area contributed by atoms with E-state index >= 15 is 0 Å². The lowest BCUT2D eigenvalue weighted by molar-refractivity contribution is -0.115. The lowest BCUT2D eigenvalue weighted by Crippen LogP contribution is -2.18. The van der Waals surface area contributed by atoms with E-state index in [1.807, 2.05) is 0 Å². The molecular weight excluding hydrogens is 590 g/mol. The number of hydrogen-bond acceptors (Lipinski definition) is 11. The molecule has 0 unspecified atom stereocenters. The van der Waals surface area contributed by atoms with E-state index in [2.05, 4.69) is 5.32 Å². The highest BCUT2D eigenvalue weighted by molar-refractivity contribution is 8.18. The van der Waals surface area contributed by atoms with E-state index in [9.17, 15) is 14.4 Å². The van der Waals surface area contributed by atoms with Crippen LogP contribution in [-0.4, -0.2) is 52.8 Å².